The summed E-state index contributed by atoms with van der Waals surface area (Å²) in [4.78, 5) is 0. The lowest BCUT2D eigenvalue weighted by Crippen LogP contribution is -1.77. The Bertz CT molecular complexity index is 251. The summed E-state index contributed by atoms with van der Waals surface area (Å²) >= 11 is 7.50. The van der Waals surface area contributed by atoms with E-state index in [-0.39, 0.29) is 0 Å². The minimum absolute atomic E-state index is 0.792. The zero-order valence-electron chi connectivity index (χ0n) is 6.70. The minimum Gasteiger partial charge on any atom is -0.175 e. The van der Waals surface area contributed by atoms with E-state index in [0.717, 1.165) is 11.1 Å². The molecule has 2 heteroatoms. The topological polar surface area (TPSA) is 0 Å². The van der Waals surface area contributed by atoms with Crippen LogP contribution in [0.4, 0.5) is 0 Å². The summed E-state index contributed by atoms with van der Waals surface area (Å²) in [6, 6.07) is 8.45. The van der Waals surface area contributed by atoms with Gasteiger partial charge in [0, 0.05) is 11.1 Å². The molecule has 0 unspecified atom stereocenters. The molecule has 0 atom stereocenters. The fraction of sp³-hybridized carbons (Fsp3) is 0.200. The van der Waals surface area contributed by atoms with E-state index in [1.807, 2.05) is 6.08 Å². The van der Waals surface area contributed by atoms with Crippen LogP contribution in [0.25, 0.3) is 6.08 Å². The Labute approximate surface area is 87.2 Å². The molecule has 1 aromatic carbocycles. The largest absolute Gasteiger partial charge is 0.175 e. The predicted octanol–water partition coefficient (Wildman–Crippen LogP) is 3.52. The zero-order valence-corrected chi connectivity index (χ0v) is 9.18. The average molecular weight is 243 g/mol. The predicted molar refractivity (Wildman–Crippen MR) is 62.0 cm³/mol. The second-order valence-corrected chi connectivity index (χ2v) is 3.39. The van der Waals surface area contributed by atoms with Crippen LogP contribution in [0.3, 0.4) is 0 Å². The van der Waals surface area contributed by atoms with Gasteiger partial charge in [-0.15, -0.1) is 0 Å². The van der Waals surface area contributed by atoms with Gasteiger partial charge in [-0.1, -0.05) is 52.3 Å². The highest BCUT2D eigenvalue weighted by Gasteiger charge is 1.88. The molecule has 0 aliphatic heterocycles. The second-order valence-electron chi connectivity index (χ2n) is 2.46. The van der Waals surface area contributed by atoms with Crippen molar-refractivity contribution in [2.45, 2.75) is 5.33 Å². The molecule has 0 amide bonds. The van der Waals surface area contributed by atoms with Crippen LogP contribution in [0.1, 0.15) is 11.1 Å². The summed E-state index contributed by atoms with van der Waals surface area (Å²) < 4.78 is 0. The Hall–Kier alpha value is -0.210. The second kappa shape index (κ2) is 5.44. The van der Waals surface area contributed by atoms with Crippen molar-refractivity contribution in [2.75, 3.05) is 5.75 Å². The molecule has 12 heavy (non-hydrogen) atoms. The molecular formula is C10H11BrS. The third-order valence-electron chi connectivity index (χ3n) is 1.55. The van der Waals surface area contributed by atoms with Gasteiger partial charge in [0.15, 0.2) is 0 Å². The molecule has 0 spiro atoms. The quantitative estimate of drug-likeness (QED) is 0.609. The van der Waals surface area contributed by atoms with Crippen molar-refractivity contribution in [2.24, 2.45) is 0 Å². The molecule has 1 aromatic rings. The zero-order chi connectivity index (χ0) is 8.81. The van der Waals surface area contributed by atoms with Gasteiger partial charge in [-0.2, -0.15) is 12.6 Å². The molecule has 0 aromatic heterocycles. The van der Waals surface area contributed by atoms with Gasteiger partial charge in [-0.05, 0) is 11.1 Å². The Balaban J connectivity index is 2.71. The smallest absolute Gasteiger partial charge is 0.0283 e. The van der Waals surface area contributed by atoms with Crippen LogP contribution in [0, 0.1) is 0 Å². The summed E-state index contributed by atoms with van der Waals surface area (Å²) in [7, 11) is 0. The van der Waals surface area contributed by atoms with E-state index < -0.39 is 0 Å². The van der Waals surface area contributed by atoms with Gasteiger partial charge in [0.05, 0.1) is 0 Å². The Kier molecular flexibility index (Phi) is 4.48. The number of rotatable bonds is 3. The highest BCUT2D eigenvalue weighted by atomic mass is 79.9. The van der Waals surface area contributed by atoms with E-state index in [4.69, 9.17) is 0 Å². The first-order valence-electron chi connectivity index (χ1n) is 3.79. The van der Waals surface area contributed by atoms with Gasteiger partial charge in [0.2, 0.25) is 0 Å². The first-order chi connectivity index (χ1) is 5.86. The molecule has 0 nitrogen and oxygen atoms in total. The molecule has 0 saturated carbocycles. The van der Waals surface area contributed by atoms with Gasteiger partial charge in [0.1, 0.15) is 0 Å². The molecule has 0 bridgehead atoms. The van der Waals surface area contributed by atoms with Crippen molar-refractivity contribution < 1.29 is 0 Å². The lowest BCUT2D eigenvalue weighted by Gasteiger charge is -1.95. The number of hydrogen-bond acceptors (Lipinski definition) is 1. The van der Waals surface area contributed by atoms with Crippen molar-refractivity contribution in [3.8, 4) is 0 Å². The van der Waals surface area contributed by atoms with Crippen molar-refractivity contribution in [3.63, 3.8) is 0 Å². The van der Waals surface area contributed by atoms with Crippen LogP contribution < -0.4 is 0 Å². The number of alkyl halides is 1. The molecule has 0 saturated heterocycles. The lowest BCUT2D eigenvalue weighted by molar-refractivity contribution is 1.43. The molecule has 0 N–H and O–H groups in total. The Morgan fingerprint density at radius 1 is 1.25 bits per heavy atom. The van der Waals surface area contributed by atoms with Gasteiger partial charge in [-0.3, -0.25) is 0 Å². The van der Waals surface area contributed by atoms with E-state index in [1.54, 1.807) is 0 Å². The summed E-state index contributed by atoms with van der Waals surface area (Å²) in [6.45, 7) is 0. The average Bonchev–Trinajstić information content (AvgIpc) is 2.15. The molecule has 1 rings (SSSR count). The normalized spacial score (nSPS) is 10.8. The summed E-state index contributed by atoms with van der Waals surface area (Å²) in [5.74, 6) is 0.792. The fourth-order valence-corrected chi connectivity index (χ4v) is 1.39. The maximum Gasteiger partial charge on any atom is 0.0283 e. The molecule has 0 fully saturated rings. The summed E-state index contributed by atoms with van der Waals surface area (Å²) in [6.07, 6.45) is 4.11. The molecule has 0 aliphatic rings. The summed E-state index contributed by atoms with van der Waals surface area (Å²) in [5, 5.41) is 0.920. The van der Waals surface area contributed by atoms with E-state index >= 15 is 0 Å². The fourth-order valence-electron chi connectivity index (χ4n) is 0.907. The third kappa shape index (κ3) is 3.03. The molecule has 0 heterocycles. The van der Waals surface area contributed by atoms with E-state index in [9.17, 15) is 0 Å². The Morgan fingerprint density at radius 3 is 2.42 bits per heavy atom. The van der Waals surface area contributed by atoms with Crippen molar-refractivity contribution in [3.05, 3.63) is 41.5 Å². The van der Waals surface area contributed by atoms with Gasteiger partial charge >= 0.3 is 0 Å². The Morgan fingerprint density at radius 2 is 1.92 bits per heavy atom. The van der Waals surface area contributed by atoms with Gasteiger partial charge in [0.25, 0.3) is 0 Å². The van der Waals surface area contributed by atoms with Crippen LogP contribution >= 0.6 is 28.6 Å². The highest BCUT2D eigenvalue weighted by molar-refractivity contribution is 9.08. The van der Waals surface area contributed by atoms with E-state index in [2.05, 4.69) is 58.9 Å². The van der Waals surface area contributed by atoms with Gasteiger partial charge < -0.3 is 0 Å². The highest BCUT2D eigenvalue weighted by Crippen LogP contribution is 2.08. The monoisotopic (exact) mass is 242 g/mol. The minimum atomic E-state index is 0.792. The van der Waals surface area contributed by atoms with Crippen LogP contribution in [-0.4, -0.2) is 5.75 Å². The standard InChI is InChI=1S/C10H11BrS/c11-8-10-5-3-9(4-6-10)2-1-7-12/h1-6,12H,7-8H2. The van der Waals surface area contributed by atoms with Crippen molar-refractivity contribution in [1.29, 1.82) is 0 Å². The first-order valence-corrected chi connectivity index (χ1v) is 5.54. The van der Waals surface area contributed by atoms with Gasteiger partial charge in [-0.25, -0.2) is 0 Å². The van der Waals surface area contributed by atoms with E-state index in [0.29, 0.717) is 0 Å². The lowest BCUT2D eigenvalue weighted by atomic mass is 10.1. The summed E-state index contributed by atoms with van der Waals surface area (Å²) in [5.41, 5.74) is 2.53. The third-order valence-corrected chi connectivity index (χ3v) is 2.41. The SMILES string of the molecule is SCC=Cc1ccc(CBr)cc1. The van der Waals surface area contributed by atoms with E-state index in [1.165, 1.54) is 11.1 Å². The molecule has 0 aliphatic carbocycles. The molecule has 0 radical (unpaired) electrons. The number of thiol groups is 1. The van der Waals surface area contributed by atoms with Crippen molar-refractivity contribution >= 4 is 34.6 Å². The number of hydrogen-bond donors (Lipinski definition) is 1. The number of benzene rings is 1. The van der Waals surface area contributed by atoms with Crippen molar-refractivity contribution in [1.82, 2.24) is 0 Å². The van der Waals surface area contributed by atoms with Crippen LogP contribution in [0.5, 0.6) is 0 Å². The first kappa shape index (κ1) is 9.87. The van der Waals surface area contributed by atoms with Crippen LogP contribution in [-0.2, 0) is 5.33 Å². The van der Waals surface area contributed by atoms with Crippen LogP contribution in [0.2, 0.25) is 0 Å². The maximum absolute atomic E-state index is 4.10. The van der Waals surface area contributed by atoms with Crippen LogP contribution in [0.15, 0.2) is 30.3 Å². The maximum atomic E-state index is 4.10. The molecular weight excluding hydrogens is 232 g/mol. The molecule has 64 valence electrons. The number of halogens is 1.